The summed E-state index contributed by atoms with van der Waals surface area (Å²) in [7, 11) is 0. The first-order chi connectivity index (χ1) is 10.1. The molecule has 0 aromatic heterocycles. The predicted molar refractivity (Wildman–Crippen MR) is 84.4 cm³/mol. The number of benzene rings is 2. The van der Waals surface area contributed by atoms with Gasteiger partial charge in [-0.3, -0.25) is 15.6 Å². The lowest BCUT2D eigenvalue weighted by Gasteiger charge is -2.12. The SMILES string of the molecule is Cc1ccc(C(=O)NNC(=S)Nc2ccccc2F)cc1. The molecule has 4 nitrogen and oxygen atoms in total. The molecule has 0 saturated heterocycles. The maximum absolute atomic E-state index is 13.4. The number of hydrazine groups is 1. The predicted octanol–water partition coefficient (Wildman–Crippen LogP) is 2.77. The van der Waals surface area contributed by atoms with Gasteiger partial charge in [-0.15, -0.1) is 0 Å². The van der Waals surface area contributed by atoms with Crippen LogP contribution in [-0.4, -0.2) is 11.0 Å². The number of hydrogen-bond acceptors (Lipinski definition) is 2. The topological polar surface area (TPSA) is 53.2 Å². The molecule has 0 aliphatic rings. The van der Waals surface area contributed by atoms with Gasteiger partial charge in [0.25, 0.3) is 5.91 Å². The van der Waals surface area contributed by atoms with Crippen molar-refractivity contribution in [2.75, 3.05) is 5.32 Å². The van der Waals surface area contributed by atoms with Gasteiger partial charge in [-0.1, -0.05) is 29.8 Å². The van der Waals surface area contributed by atoms with Gasteiger partial charge in [-0.05, 0) is 43.4 Å². The molecule has 3 N–H and O–H groups in total. The normalized spacial score (nSPS) is 9.81. The molecule has 1 amide bonds. The summed E-state index contributed by atoms with van der Waals surface area (Å²) in [6.07, 6.45) is 0. The van der Waals surface area contributed by atoms with Gasteiger partial charge in [-0.2, -0.15) is 0 Å². The van der Waals surface area contributed by atoms with Crippen molar-refractivity contribution in [3.05, 3.63) is 65.5 Å². The van der Waals surface area contributed by atoms with Crippen LogP contribution in [0.25, 0.3) is 0 Å². The molecule has 0 unspecified atom stereocenters. The highest BCUT2D eigenvalue weighted by atomic mass is 32.1. The lowest BCUT2D eigenvalue weighted by Crippen LogP contribution is -2.43. The van der Waals surface area contributed by atoms with Crippen LogP contribution in [0, 0.1) is 12.7 Å². The van der Waals surface area contributed by atoms with E-state index < -0.39 is 5.82 Å². The fourth-order valence-corrected chi connectivity index (χ4v) is 1.77. The van der Waals surface area contributed by atoms with Gasteiger partial charge in [0.1, 0.15) is 5.82 Å². The maximum atomic E-state index is 13.4. The van der Waals surface area contributed by atoms with Crippen molar-refractivity contribution in [3.8, 4) is 0 Å². The Hall–Kier alpha value is -2.47. The van der Waals surface area contributed by atoms with Crippen molar-refractivity contribution in [1.29, 1.82) is 0 Å². The van der Waals surface area contributed by atoms with E-state index in [1.165, 1.54) is 6.07 Å². The molecule has 6 heteroatoms. The molecule has 0 radical (unpaired) electrons. The second-order valence-corrected chi connectivity index (χ2v) is 4.79. The van der Waals surface area contributed by atoms with Crippen molar-refractivity contribution >= 4 is 28.9 Å². The Morgan fingerprint density at radius 3 is 2.38 bits per heavy atom. The number of amides is 1. The van der Waals surface area contributed by atoms with Crippen LogP contribution in [0.1, 0.15) is 15.9 Å². The lowest BCUT2D eigenvalue weighted by molar-refractivity contribution is 0.0944. The molecule has 21 heavy (non-hydrogen) atoms. The van der Waals surface area contributed by atoms with Crippen LogP contribution in [0.5, 0.6) is 0 Å². The molecule has 0 aliphatic carbocycles. The van der Waals surface area contributed by atoms with Crippen molar-refractivity contribution in [2.24, 2.45) is 0 Å². The number of nitrogens with one attached hydrogen (secondary N) is 3. The first-order valence-corrected chi connectivity index (χ1v) is 6.65. The standard InChI is InChI=1S/C15H14FN3OS/c1-10-6-8-11(9-7-10)14(20)18-19-15(21)17-13-5-3-2-4-12(13)16/h2-9H,1H3,(H,18,20)(H2,17,19,21). The number of para-hydroxylation sites is 1. The Balaban J connectivity index is 1.88. The summed E-state index contributed by atoms with van der Waals surface area (Å²) < 4.78 is 13.4. The zero-order chi connectivity index (χ0) is 15.2. The zero-order valence-electron chi connectivity index (χ0n) is 11.3. The van der Waals surface area contributed by atoms with Crippen LogP contribution in [0.3, 0.4) is 0 Å². The van der Waals surface area contributed by atoms with Gasteiger partial charge in [0.2, 0.25) is 0 Å². The summed E-state index contributed by atoms with van der Waals surface area (Å²) in [6.45, 7) is 1.94. The maximum Gasteiger partial charge on any atom is 0.269 e. The van der Waals surface area contributed by atoms with Gasteiger partial charge >= 0.3 is 0 Å². The van der Waals surface area contributed by atoms with Gasteiger partial charge in [0.15, 0.2) is 5.11 Å². The minimum absolute atomic E-state index is 0.0977. The van der Waals surface area contributed by atoms with E-state index in [-0.39, 0.29) is 16.7 Å². The third kappa shape index (κ3) is 4.25. The van der Waals surface area contributed by atoms with Gasteiger partial charge in [0, 0.05) is 5.56 Å². The molecule has 2 aromatic rings. The number of rotatable bonds is 2. The average molecular weight is 303 g/mol. The number of hydrogen-bond donors (Lipinski definition) is 3. The minimum Gasteiger partial charge on any atom is -0.329 e. The number of carbonyl (C=O) groups is 1. The van der Waals surface area contributed by atoms with E-state index in [4.69, 9.17) is 12.2 Å². The Kier molecular flexibility index (Phi) is 4.84. The molecule has 0 fully saturated rings. The number of halogens is 1. The molecule has 2 rings (SSSR count). The van der Waals surface area contributed by atoms with Crippen molar-refractivity contribution in [3.63, 3.8) is 0 Å². The van der Waals surface area contributed by atoms with Crippen molar-refractivity contribution in [1.82, 2.24) is 10.9 Å². The quantitative estimate of drug-likeness (QED) is 0.590. The minimum atomic E-state index is -0.425. The van der Waals surface area contributed by atoms with E-state index in [0.29, 0.717) is 5.56 Å². The van der Waals surface area contributed by atoms with Crippen molar-refractivity contribution < 1.29 is 9.18 Å². The van der Waals surface area contributed by atoms with Crippen molar-refractivity contribution in [2.45, 2.75) is 6.92 Å². The molecular formula is C15H14FN3OS. The number of carbonyl (C=O) groups excluding carboxylic acids is 1. The van der Waals surface area contributed by atoms with Crippen LogP contribution in [0.2, 0.25) is 0 Å². The fraction of sp³-hybridized carbons (Fsp3) is 0.0667. The van der Waals surface area contributed by atoms with E-state index in [9.17, 15) is 9.18 Å². The van der Waals surface area contributed by atoms with Gasteiger partial charge in [0.05, 0.1) is 5.69 Å². The lowest BCUT2D eigenvalue weighted by atomic mass is 10.1. The molecule has 2 aromatic carbocycles. The Morgan fingerprint density at radius 2 is 1.71 bits per heavy atom. The van der Waals surface area contributed by atoms with E-state index in [2.05, 4.69) is 16.2 Å². The van der Waals surface area contributed by atoms with Gasteiger partial charge in [-0.25, -0.2) is 4.39 Å². The van der Waals surface area contributed by atoms with E-state index in [1.54, 1.807) is 30.3 Å². The summed E-state index contributed by atoms with van der Waals surface area (Å²) >= 11 is 4.98. The monoisotopic (exact) mass is 303 g/mol. The van der Waals surface area contributed by atoms with E-state index in [0.717, 1.165) is 5.56 Å². The summed E-state index contributed by atoms with van der Waals surface area (Å²) in [5, 5.41) is 2.75. The highest BCUT2D eigenvalue weighted by Crippen LogP contribution is 2.11. The highest BCUT2D eigenvalue weighted by molar-refractivity contribution is 7.80. The fourth-order valence-electron chi connectivity index (χ4n) is 1.61. The summed E-state index contributed by atoms with van der Waals surface area (Å²) in [5.41, 5.74) is 6.77. The third-order valence-electron chi connectivity index (χ3n) is 2.73. The van der Waals surface area contributed by atoms with Crippen LogP contribution in [0.15, 0.2) is 48.5 Å². The first-order valence-electron chi connectivity index (χ1n) is 6.25. The molecule has 0 saturated carbocycles. The summed E-state index contributed by atoms with van der Waals surface area (Å²) in [4.78, 5) is 11.8. The summed E-state index contributed by atoms with van der Waals surface area (Å²) in [5.74, 6) is -0.751. The van der Waals surface area contributed by atoms with Crippen LogP contribution >= 0.6 is 12.2 Å². The van der Waals surface area contributed by atoms with Gasteiger partial charge < -0.3 is 5.32 Å². The van der Waals surface area contributed by atoms with Crippen LogP contribution < -0.4 is 16.2 Å². The third-order valence-corrected chi connectivity index (χ3v) is 2.93. The first kappa shape index (κ1) is 14.9. The summed E-state index contributed by atoms with van der Waals surface area (Å²) in [6, 6.07) is 13.2. The molecule has 0 heterocycles. The molecule has 0 bridgehead atoms. The molecule has 0 atom stereocenters. The smallest absolute Gasteiger partial charge is 0.269 e. The Morgan fingerprint density at radius 1 is 1.05 bits per heavy atom. The zero-order valence-corrected chi connectivity index (χ0v) is 12.1. The number of anilines is 1. The van der Waals surface area contributed by atoms with E-state index >= 15 is 0 Å². The second-order valence-electron chi connectivity index (χ2n) is 4.38. The second kappa shape index (κ2) is 6.81. The average Bonchev–Trinajstić information content (AvgIpc) is 2.48. The van der Waals surface area contributed by atoms with Crippen LogP contribution in [-0.2, 0) is 0 Å². The number of thiocarbonyl (C=S) groups is 1. The molecule has 108 valence electrons. The Bertz CT molecular complexity index is 658. The molecule has 0 aliphatic heterocycles. The highest BCUT2D eigenvalue weighted by Gasteiger charge is 2.06. The largest absolute Gasteiger partial charge is 0.329 e. The van der Waals surface area contributed by atoms with E-state index in [1.807, 2.05) is 19.1 Å². The Labute approximate surface area is 127 Å². The number of aryl methyl sites for hydroxylation is 1. The molecule has 0 spiro atoms. The van der Waals surface area contributed by atoms with Crippen LogP contribution in [0.4, 0.5) is 10.1 Å². The molecular weight excluding hydrogens is 289 g/mol.